The summed E-state index contributed by atoms with van der Waals surface area (Å²) in [5.74, 6) is 0. The molecule has 0 aliphatic heterocycles. The van der Waals surface area contributed by atoms with Crippen LogP contribution in [0.5, 0.6) is 0 Å². The second-order valence-corrected chi connectivity index (χ2v) is 0. The van der Waals surface area contributed by atoms with E-state index in [-0.39, 0.29) is 33.3 Å². The molecule has 0 aromatic heterocycles. The van der Waals surface area contributed by atoms with E-state index >= 15 is 0 Å². The molecule has 4 heavy (non-hydrogen) atoms. The summed E-state index contributed by atoms with van der Waals surface area (Å²) in [6.07, 6.45) is 0. The molecule has 30 valence electrons. The Balaban J connectivity index is -0.00000000500. The zero-order chi connectivity index (χ0) is 2.00. The molecule has 0 rings (SSSR count). The van der Waals surface area contributed by atoms with Gasteiger partial charge in [-0.25, -0.2) is 0 Å². The summed E-state index contributed by atoms with van der Waals surface area (Å²) in [6.45, 7) is 0. The molecule has 0 aliphatic rings. The van der Waals surface area contributed by atoms with Crippen LogP contribution in [-0.2, 0) is 65.3 Å². The van der Waals surface area contributed by atoms with Crippen LogP contribution >= 0.6 is 0 Å². The Morgan fingerprint density at radius 1 is 1.25 bits per heavy atom. The normalized spacial score (nSPS) is 1.00. The predicted octanol–water partition coefficient (Wildman–Crippen LogP) is -0.0100. The van der Waals surface area contributed by atoms with Crippen molar-refractivity contribution in [1.82, 2.24) is 0 Å². The first-order valence-electron chi connectivity index (χ1n) is 0.183. The van der Waals surface area contributed by atoms with Crippen molar-refractivity contribution in [2.24, 2.45) is 0 Å². The summed E-state index contributed by atoms with van der Waals surface area (Å²) in [4.78, 5) is 0. The average molecular weight is 265 g/mol. The van der Waals surface area contributed by atoms with Crippen LogP contribution in [0.2, 0.25) is 0 Å². The van der Waals surface area contributed by atoms with Gasteiger partial charge in [0.15, 0.2) is 0 Å². The van der Waals surface area contributed by atoms with Gasteiger partial charge in [0.1, 0.15) is 0 Å². The van der Waals surface area contributed by atoms with E-state index < -0.39 is 0 Å². The molecule has 0 heterocycles. The van der Waals surface area contributed by atoms with Gasteiger partial charge in [-0.15, -0.1) is 0 Å². The summed E-state index contributed by atoms with van der Waals surface area (Å²) < 4.78 is 0. The van der Waals surface area contributed by atoms with Gasteiger partial charge in [0, 0.05) is 33.3 Å². The molecule has 0 N–H and O–H groups in total. The van der Waals surface area contributed by atoms with Gasteiger partial charge in [0.2, 0.25) is 0 Å². The molecule has 0 bridgehead atoms. The van der Waals surface area contributed by atoms with Crippen molar-refractivity contribution in [3.8, 4) is 0 Å². The molecule has 0 nitrogen and oxygen atoms in total. The molecule has 0 atom stereocenters. The minimum absolute atomic E-state index is 0. The molecule has 4 heteroatoms. The van der Waals surface area contributed by atoms with Crippen LogP contribution in [-0.4, -0.2) is 0 Å². The van der Waals surface area contributed by atoms with Crippen molar-refractivity contribution in [3.63, 3.8) is 0 Å². The second-order valence-electron chi connectivity index (χ2n) is 0. The van der Waals surface area contributed by atoms with Crippen LogP contribution in [0, 0.1) is 0 Å². The van der Waals surface area contributed by atoms with Gasteiger partial charge >= 0.3 is 32.0 Å². The van der Waals surface area contributed by atoms with Crippen molar-refractivity contribution < 1.29 is 65.3 Å². The molecule has 0 aliphatic carbocycles. The van der Waals surface area contributed by atoms with E-state index in [1.165, 1.54) is 0 Å². The fourth-order valence-corrected chi connectivity index (χ4v) is 0. The fourth-order valence-electron chi connectivity index (χ4n) is 0. The van der Waals surface area contributed by atoms with Crippen LogP contribution in [0.1, 0.15) is 0 Å². The molecule has 0 aromatic carbocycles. The maximum absolute atomic E-state index is 2.32. The Morgan fingerprint density at radius 2 is 1.25 bits per heavy atom. The van der Waals surface area contributed by atoms with Crippen LogP contribution in [0.3, 0.4) is 0 Å². The first-order chi connectivity index (χ1) is 1.00. The van der Waals surface area contributed by atoms with Crippen LogP contribution in [0.15, 0.2) is 0 Å². The van der Waals surface area contributed by atoms with Crippen LogP contribution in [0.4, 0.5) is 0 Å². The van der Waals surface area contributed by atoms with Gasteiger partial charge in [0.05, 0.1) is 0 Å². The van der Waals surface area contributed by atoms with E-state index in [1.54, 1.807) is 0 Å². The van der Waals surface area contributed by atoms with Gasteiger partial charge in [-0.1, -0.05) is 0 Å². The van der Waals surface area contributed by atoms with Crippen molar-refractivity contribution in [2.45, 2.75) is 0 Å². The third-order valence-corrected chi connectivity index (χ3v) is 0. The van der Waals surface area contributed by atoms with E-state index in [0.29, 0.717) is 0 Å². The minimum atomic E-state index is 0. The van der Waals surface area contributed by atoms with E-state index in [2.05, 4.69) is 14.6 Å². The molecular formula is CoMoNiV. The number of hydrogen-bond acceptors (Lipinski definition) is 0. The molecule has 0 fully saturated rings. The van der Waals surface area contributed by atoms with Gasteiger partial charge in [-0.3, -0.25) is 0 Å². The fraction of sp³-hybridized carbons (Fsp3) is 0. The maximum atomic E-state index is 2.32. The van der Waals surface area contributed by atoms with Gasteiger partial charge in [0.25, 0.3) is 0 Å². The zero-order valence-corrected chi connectivity index (χ0v) is 6.94. The average Bonchev–Trinajstić information content (AvgIpc) is 1.00. The summed E-state index contributed by atoms with van der Waals surface area (Å²) in [6, 6.07) is 0. The Bertz CT molecular complexity index is 8.00. The van der Waals surface area contributed by atoms with E-state index in [4.69, 9.17) is 0 Å². The van der Waals surface area contributed by atoms with Crippen molar-refractivity contribution in [2.75, 3.05) is 0 Å². The van der Waals surface area contributed by atoms with Crippen molar-refractivity contribution >= 4 is 0 Å². The van der Waals surface area contributed by atoms with Crippen LogP contribution in [0.25, 0.3) is 0 Å². The Hall–Kier alpha value is 2.27. The SMILES string of the molecule is [Co].[Ni].[V][Mo]. The molecule has 0 spiro atoms. The van der Waals surface area contributed by atoms with Crippen molar-refractivity contribution in [3.05, 3.63) is 0 Å². The molecule has 0 unspecified atom stereocenters. The second kappa shape index (κ2) is 18.6. The summed E-state index contributed by atoms with van der Waals surface area (Å²) in [5.41, 5.74) is 0. The molecule has 0 amide bonds. The molecular weight excluding hydrogens is 265 g/mol. The van der Waals surface area contributed by atoms with Gasteiger partial charge in [-0.05, 0) is 0 Å². The molecule has 0 saturated carbocycles. The van der Waals surface area contributed by atoms with E-state index in [1.807, 2.05) is 17.4 Å². The third-order valence-electron chi connectivity index (χ3n) is 0. The molecule has 0 aromatic rings. The molecule has 0 saturated heterocycles. The standard InChI is InChI=1S/Co.Mo.Ni.V. The Kier molecular flexibility index (Phi) is 75.9. The van der Waals surface area contributed by atoms with E-state index in [9.17, 15) is 0 Å². The molecule has 1 radical (unpaired) electrons. The van der Waals surface area contributed by atoms with Crippen molar-refractivity contribution in [1.29, 1.82) is 0 Å². The summed E-state index contributed by atoms with van der Waals surface area (Å²) >= 11 is 4.21. The van der Waals surface area contributed by atoms with Gasteiger partial charge < -0.3 is 0 Å². The number of rotatable bonds is 0. The summed E-state index contributed by atoms with van der Waals surface area (Å²) in [5, 5.41) is 0. The third kappa shape index (κ3) is 8.86. The van der Waals surface area contributed by atoms with E-state index in [0.717, 1.165) is 0 Å². The quantitative estimate of drug-likeness (QED) is 0.540. The Morgan fingerprint density at radius 3 is 1.25 bits per heavy atom. The Labute approximate surface area is 64.6 Å². The number of hydrogen-bond donors (Lipinski definition) is 0. The summed E-state index contributed by atoms with van der Waals surface area (Å²) in [7, 11) is 0. The zero-order valence-electron chi connectivity index (χ0n) is 1.51. The van der Waals surface area contributed by atoms with Crippen LogP contribution < -0.4 is 0 Å². The monoisotopic (exact) mass is 266 g/mol. The first-order valence-corrected chi connectivity index (χ1v) is 4.45. The van der Waals surface area contributed by atoms with Gasteiger partial charge in [-0.2, -0.15) is 0 Å². The predicted molar refractivity (Wildman–Crippen MR) is 0 cm³/mol. The first kappa shape index (κ1) is 16.3. The topological polar surface area (TPSA) is 0 Å².